The second kappa shape index (κ2) is 4.91. The zero-order valence-corrected chi connectivity index (χ0v) is 10.6. The molecule has 1 amide bonds. The minimum atomic E-state index is -3.73. The Kier molecular flexibility index (Phi) is 3.48. The standard InChI is InChI=1S/C10H14N4O3S/c1-11-8-3-2-4-12-10(8)18(16,17)14-7-5-9(15)13-6-7/h2-4,7,11,14H,5-6H2,1H3,(H,13,15). The highest BCUT2D eigenvalue weighted by molar-refractivity contribution is 7.89. The van der Waals surface area contributed by atoms with Gasteiger partial charge in [-0.2, -0.15) is 0 Å². The maximum absolute atomic E-state index is 12.1. The molecule has 18 heavy (non-hydrogen) atoms. The Bertz CT molecular complexity index is 558. The summed E-state index contributed by atoms with van der Waals surface area (Å²) < 4.78 is 26.7. The predicted octanol–water partition coefficient (Wildman–Crippen LogP) is -0.710. The lowest BCUT2D eigenvalue weighted by Crippen LogP contribution is -2.36. The van der Waals surface area contributed by atoms with Crippen LogP contribution in [0.2, 0.25) is 0 Å². The van der Waals surface area contributed by atoms with E-state index in [4.69, 9.17) is 0 Å². The number of nitrogens with one attached hydrogen (secondary N) is 3. The van der Waals surface area contributed by atoms with Crippen molar-refractivity contribution in [2.75, 3.05) is 18.9 Å². The number of nitrogens with zero attached hydrogens (tertiary/aromatic N) is 1. The second-order valence-electron chi connectivity index (χ2n) is 3.93. The SMILES string of the molecule is CNc1cccnc1S(=O)(=O)NC1CNC(=O)C1. The van der Waals surface area contributed by atoms with Crippen LogP contribution in [0.3, 0.4) is 0 Å². The summed E-state index contributed by atoms with van der Waals surface area (Å²) in [5, 5.41) is 5.28. The van der Waals surface area contributed by atoms with Crippen LogP contribution in [0.1, 0.15) is 6.42 Å². The first kappa shape index (κ1) is 12.8. The summed E-state index contributed by atoms with van der Waals surface area (Å²) in [6.45, 7) is 0.305. The minimum Gasteiger partial charge on any atom is -0.386 e. The molecular formula is C10H14N4O3S. The Morgan fingerprint density at radius 2 is 2.28 bits per heavy atom. The van der Waals surface area contributed by atoms with Crippen LogP contribution in [0.25, 0.3) is 0 Å². The molecule has 1 saturated heterocycles. The first-order valence-corrected chi connectivity index (χ1v) is 6.93. The molecule has 1 aliphatic rings. The van der Waals surface area contributed by atoms with Gasteiger partial charge >= 0.3 is 0 Å². The van der Waals surface area contributed by atoms with Gasteiger partial charge in [-0.25, -0.2) is 18.1 Å². The summed E-state index contributed by atoms with van der Waals surface area (Å²) in [6, 6.07) is 2.85. The molecule has 1 unspecified atom stereocenters. The molecule has 3 N–H and O–H groups in total. The average molecular weight is 270 g/mol. The first-order valence-electron chi connectivity index (χ1n) is 5.45. The molecule has 2 rings (SSSR count). The van der Waals surface area contributed by atoms with Gasteiger partial charge in [0.25, 0.3) is 10.0 Å². The number of carbonyl (C=O) groups excluding carboxylic acids is 1. The first-order chi connectivity index (χ1) is 8.53. The number of anilines is 1. The highest BCUT2D eigenvalue weighted by Gasteiger charge is 2.28. The van der Waals surface area contributed by atoms with Crippen molar-refractivity contribution in [1.29, 1.82) is 0 Å². The molecule has 0 spiro atoms. The van der Waals surface area contributed by atoms with Gasteiger partial charge in [0.2, 0.25) is 5.91 Å². The van der Waals surface area contributed by atoms with Crippen molar-refractivity contribution in [3.8, 4) is 0 Å². The van der Waals surface area contributed by atoms with Crippen molar-refractivity contribution in [2.24, 2.45) is 0 Å². The van der Waals surface area contributed by atoms with Gasteiger partial charge in [0.15, 0.2) is 5.03 Å². The third-order valence-electron chi connectivity index (χ3n) is 2.59. The zero-order chi connectivity index (χ0) is 13.2. The average Bonchev–Trinajstić information content (AvgIpc) is 2.74. The van der Waals surface area contributed by atoms with Crippen LogP contribution in [0.15, 0.2) is 23.4 Å². The normalized spacial score (nSPS) is 19.6. The van der Waals surface area contributed by atoms with Crippen molar-refractivity contribution >= 4 is 21.6 Å². The fraction of sp³-hybridized carbons (Fsp3) is 0.400. The van der Waals surface area contributed by atoms with E-state index in [1.165, 1.54) is 6.20 Å². The van der Waals surface area contributed by atoms with E-state index < -0.39 is 16.1 Å². The van der Waals surface area contributed by atoms with E-state index in [9.17, 15) is 13.2 Å². The molecule has 2 heterocycles. The Labute approximate surface area is 105 Å². The number of sulfonamides is 1. The number of carbonyl (C=O) groups is 1. The summed E-state index contributed by atoms with van der Waals surface area (Å²) in [5.41, 5.74) is 0.419. The number of rotatable bonds is 4. The monoisotopic (exact) mass is 270 g/mol. The maximum Gasteiger partial charge on any atom is 0.260 e. The summed E-state index contributed by atoms with van der Waals surface area (Å²) in [4.78, 5) is 14.9. The fourth-order valence-corrected chi connectivity index (χ4v) is 3.14. The van der Waals surface area contributed by atoms with Crippen LogP contribution in [0, 0.1) is 0 Å². The van der Waals surface area contributed by atoms with E-state index in [1.807, 2.05) is 0 Å². The van der Waals surface area contributed by atoms with Crippen LogP contribution in [-0.2, 0) is 14.8 Å². The second-order valence-corrected chi connectivity index (χ2v) is 5.56. The molecule has 7 nitrogen and oxygen atoms in total. The lowest BCUT2D eigenvalue weighted by Gasteiger charge is -2.13. The zero-order valence-electron chi connectivity index (χ0n) is 9.80. The van der Waals surface area contributed by atoms with Gasteiger partial charge in [0, 0.05) is 32.3 Å². The van der Waals surface area contributed by atoms with E-state index in [2.05, 4.69) is 20.3 Å². The molecule has 98 valence electrons. The fourth-order valence-electron chi connectivity index (χ4n) is 1.76. The molecule has 0 radical (unpaired) electrons. The Hall–Kier alpha value is -1.67. The Balaban J connectivity index is 2.22. The van der Waals surface area contributed by atoms with Gasteiger partial charge in [-0.15, -0.1) is 0 Å². The van der Waals surface area contributed by atoms with Gasteiger partial charge in [-0.3, -0.25) is 4.79 Å². The molecule has 1 aromatic rings. The third-order valence-corrected chi connectivity index (χ3v) is 4.07. The Morgan fingerprint density at radius 1 is 1.50 bits per heavy atom. The van der Waals surface area contributed by atoms with Crippen LogP contribution in [-0.4, -0.2) is 38.9 Å². The lowest BCUT2D eigenvalue weighted by molar-refractivity contribution is -0.119. The molecule has 1 aromatic heterocycles. The van der Waals surface area contributed by atoms with Crippen molar-refractivity contribution in [2.45, 2.75) is 17.5 Å². The highest BCUT2D eigenvalue weighted by atomic mass is 32.2. The highest BCUT2D eigenvalue weighted by Crippen LogP contribution is 2.18. The van der Waals surface area contributed by atoms with E-state index in [0.29, 0.717) is 12.2 Å². The lowest BCUT2D eigenvalue weighted by atomic mass is 10.3. The van der Waals surface area contributed by atoms with Crippen molar-refractivity contribution in [1.82, 2.24) is 15.0 Å². The van der Waals surface area contributed by atoms with Gasteiger partial charge in [0.1, 0.15) is 0 Å². The molecule has 0 bridgehead atoms. The number of pyridine rings is 1. The smallest absolute Gasteiger partial charge is 0.260 e. The van der Waals surface area contributed by atoms with E-state index in [0.717, 1.165) is 0 Å². The summed E-state index contributed by atoms with van der Waals surface area (Å²) in [5.74, 6) is -0.155. The van der Waals surface area contributed by atoms with Crippen LogP contribution < -0.4 is 15.4 Å². The van der Waals surface area contributed by atoms with Gasteiger partial charge in [-0.05, 0) is 12.1 Å². The molecule has 0 aromatic carbocycles. The number of amides is 1. The molecular weight excluding hydrogens is 256 g/mol. The molecule has 1 atom stereocenters. The molecule has 0 aliphatic carbocycles. The van der Waals surface area contributed by atoms with Gasteiger partial charge in [-0.1, -0.05) is 0 Å². The molecule has 8 heteroatoms. The minimum absolute atomic E-state index is 0.0631. The predicted molar refractivity (Wildman–Crippen MR) is 65.5 cm³/mol. The van der Waals surface area contributed by atoms with Crippen LogP contribution in [0.4, 0.5) is 5.69 Å². The largest absolute Gasteiger partial charge is 0.386 e. The molecule has 0 saturated carbocycles. The molecule has 1 fully saturated rings. The van der Waals surface area contributed by atoms with Crippen molar-refractivity contribution in [3.63, 3.8) is 0 Å². The van der Waals surface area contributed by atoms with Gasteiger partial charge in [0.05, 0.1) is 5.69 Å². The third kappa shape index (κ3) is 2.59. The quantitative estimate of drug-likeness (QED) is 0.671. The van der Waals surface area contributed by atoms with Crippen LogP contribution >= 0.6 is 0 Å². The summed E-state index contributed by atoms with van der Waals surface area (Å²) >= 11 is 0. The Morgan fingerprint density at radius 3 is 2.89 bits per heavy atom. The number of aromatic nitrogens is 1. The summed E-state index contributed by atoms with van der Waals surface area (Å²) in [7, 11) is -2.10. The summed E-state index contributed by atoms with van der Waals surface area (Å²) in [6.07, 6.45) is 1.56. The topological polar surface area (TPSA) is 100 Å². The number of hydrogen-bond acceptors (Lipinski definition) is 5. The van der Waals surface area contributed by atoms with Crippen molar-refractivity contribution in [3.05, 3.63) is 18.3 Å². The van der Waals surface area contributed by atoms with Crippen molar-refractivity contribution < 1.29 is 13.2 Å². The maximum atomic E-state index is 12.1. The number of hydrogen-bond donors (Lipinski definition) is 3. The van der Waals surface area contributed by atoms with E-state index in [1.54, 1.807) is 19.2 Å². The molecule has 1 aliphatic heterocycles. The van der Waals surface area contributed by atoms with Crippen LogP contribution in [0.5, 0.6) is 0 Å². The van der Waals surface area contributed by atoms with E-state index in [-0.39, 0.29) is 17.4 Å². The van der Waals surface area contributed by atoms with E-state index >= 15 is 0 Å². The van der Waals surface area contributed by atoms with Gasteiger partial charge < -0.3 is 10.6 Å².